The summed E-state index contributed by atoms with van der Waals surface area (Å²) in [4.78, 5) is 11.1. The number of hydrogen-bond donors (Lipinski definition) is 2. The second kappa shape index (κ2) is 7.79. The SMILES string of the molecule is CCCOc1ccc(S(=O)(=O)NC2CCC(C(=O)O)CC2)cc1. The van der Waals surface area contributed by atoms with Gasteiger partial charge < -0.3 is 9.84 Å². The average Bonchev–Trinajstić information content (AvgIpc) is 2.53. The summed E-state index contributed by atoms with van der Waals surface area (Å²) in [5.41, 5.74) is 0. The summed E-state index contributed by atoms with van der Waals surface area (Å²) in [5.74, 6) is -0.507. The Morgan fingerprint density at radius 3 is 2.35 bits per heavy atom. The molecule has 0 saturated heterocycles. The zero-order chi connectivity index (χ0) is 16.9. The zero-order valence-electron chi connectivity index (χ0n) is 13.2. The van der Waals surface area contributed by atoms with Crippen LogP contribution in [0.2, 0.25) is 0 Å². The van der Waals surface area contributed by atoms with Gasteiger partial charge in [0.1, 0.15) is 5.75 Å². The van der Waals surface area contributed by atoms with Gasteiger partial charge in [-0.3, -0.25) is 4.79 Å². The number of ether oxygens (including phenoxy) is 1. The van der Waals surface area contributed by atoms with E-state index in [-0.39, 0.29) is 16.9 Å². The van der Waals surface area contributed by atoms with E-state index in [1.807, 2.05) is 6.92 Å². The molecule has 128 valence electrons. The number of sulfonamides is 1. The van der Waals surface area contributed by atoms with Crippen molar-refractivity contribution in [2.24, 2.45) is 5.92 Å². The van der Waals surface area contributed by atoms with Crippen LogP contribution >= 0.6 is 0 Å². The largest absolute Gasteiger partial charge is 0.494 e. The van der Waals surface area contributed by atoms with E-state index in [2.05, 4.69) is 4.72 Å². The number of hydrogen-bond acceptors (Lipinski definition) is 4. The van der Waals surface area contributed by atoms with Gasteiger partial charge in [0.25, 0.3) is 0 Å². The normalized spacial score (nSPS) is 21.8. The molecule has 23 heavy (non-hydrogen) atoms. The van der Waals surface area contributed by atoms with Crippen molar-refractivity contribution in [3.8, 4) is 5.75 Å². The van der Waals surface area contributed by atoms with Crippen molar-refractivity contribution >= 4 is 16.0 Å². The van der Waals surface area contributed by atoms with Crippen LogP contribution in [0.4, 0.5) is 0 Å². The van der Waals surface area contributed by atoms with Crippen molar-refractivity contribution < 1.29 is 23.1 Å². The van der Waals surface area contributed by atoms with E-state index < -0.39 is 16.0 Å². The molecule has 0 unspecified atom stereocenters. The molecule has 1 aromatic carbocycles. The summed E-state index contributed by atoms with van der Waals surface area (Å²) < 4.78 is 32.9. The zero-order valence-corrected chi connectivity index (χ0v) is 14.0. The minimum absolute atomic E-state index is 0.196. The third-order valence-electron chi connectivity index (χ3n) is 4.01. The Morgan fingerprint density at radius 2 is 1.83 bits per heavy atom. The van der Waals surface area contributed by atoms with Crippen molar-refractivity contribution in [2.45, 2.75) is 50.0 Å². The molecule has 0 aromatic heterocycles. The molecule has 1 aliphatic rings. The number of benzene rings is 1. The molecule has 1 aliphatic carbocycles. The highest BCUT2D eigenvalue weighted by molar-refractivity contribution is 7.89. The second-order valence-corrected chi connectivity index (χ2v) is 7.54. The molecule has 0 radical (unpaired) electrons. The first-order valence-electron chi connectivity index (χ1n) is 7.90. The molecule has 0 bridgehead atoms. The molecule has 1 aromatic rings. The molecule has 1 fully saturated rings. The fraction of sp³-hybridized carbons (Fsp3) is 0.562. The fourth-order valence-corrected chi connectivity index (χ4v) is 3.99. The van der Waals surface area contributed by atoms with E-state index in [1.54, 1.807) is 12.1 Å². The van der Waals surface area contributed by atoms with Crippen LogP contribution in [-0.4, -0.2) is 32.1 Å². The molecular formula is C16H23NO5S. The fourth-order valence-electron chi connectivity index (χ4n) is 2.68. The molecule has 7 heteroatoms. The van der Waals surface area contributed by atoms with Crippen molar-refractivity contribution in [1.29, 1.82) is 0 Å². The molecule has 0 aliphatic heterocycles. The number of rotatable bonds is 7. The molecule has 2 rings (SSSR count). The lowest BCUT2D eigenvalue weighted by Crippen LogP contribution is -2.38. The van der Waals surface area contributed by atoms with Crippen LogP contribution in [0.25, 0.3) is 0 Å². The first-order valence-corrected chi connectivity index (χ1v) is 9.38. The Kier molecular flexibility index (Phi) is 6.01. The molecule has 6 nitrogen and oxygen atoms in total. The van der Waals surface area contributed by atoms with E-state index >= 15 is 0 Å². The lowest BCUT2D eigenvalue weighted by Gasteiger charge is -2.26. The standard InChI is InChI=1S/C16H23NO5S/c1-2-11-22-14-7-9-15(10-8-14)23(20,21)17-13-5-3-12(4-6-13)16(18)19/h7-10,12-13,17H,2-6,11H2,1H3,(H,18,19). The Morgan fingerprint density at radius 1 is 1.22 bits per heavy atom. The van der Waals surface area contributed by atoms with Gasteiger partial charge in [-0.1, -0.05) is 6.92 Å². The van der Waals surface area contributed by atoms with Crippen LogP contribution < -0.4 is 9.46 Å². The molecule has 0 atom stereocenters. The Hall–Kier alpha value is -1.60. The minimum Gasteiger partial charge on any atom is -0.494 e. The molecule has 0 heterocycles. The lowest BCUT2D eigenvalue weighted by atomic mass is 9.87. The lowest BCUT2D eigenvalue weighted by molar-refractivity contribution is -0.142. The second-order valence-electron chi connectivity index (χ2n) is 5.83. The van der Waals surface area contributed by atoms with Crippen molar-refractivity contribution in [1.82, 2.24) is 4.72 Å². The summed E-state index contributed by atoms with van der Waals surface area (Å²) >= 11 is 0. The maximum absolute atomic E-state index is 12.4. The predicted octanol–water partition coefficient (Wildman–Crippen LogP) is 2.40. The van der Waals surface area contributed by atoms with Crippen molar-refractivity contribution in [3.63, 3.8) is 0 Å². The van der Waals surface area contributed by atoms with Gasteiger partial charge in [0.15, 0.2) is 0 Å². The topological polar surface area (TPSA) is 92.7 Å². The first kappa shape index (κ1) is 17.7. The van der Waals surface area contributed by atoms with Gasteiger partial charge in [0.2, 0.25) is 10.0 Å². The molecule has 0 spiro atoms. The van der Waals surface area contributed by atoms with E-state index in [9.17, 15) is 13.2 Å². The predicted molar refractivity (Wildman–Crippen MR) is 85.9 cm³/mol. The third-order valence-corrected chi connectivity index (χ3v) is 5.54. The Labute approximate surface area is 136 Å². The smallest absolute Gasteiger partial charge is 0.306 e. The summed E-state index contributed by atoms with van der Waals surface area (Å²) in [6.45, 7) is 2.60. The van der Waals surface area contributed by atoms with E-state index in [1.165, 1.54) is 12.1 Å². The van der Waals surface area contributed by atoms with Gasteiger partial charge in [-0.15, -0.1) is 0 Å². The van der Waals surface area contributed by atoms with Gasteiger partial charge in [-0.25, -0.2) is 13.1 Å². The Bertz CT molecular complexity index is 618. The highest BCUT2D eigenvalue weighted by Gasteiger charge is 2.28. The molecule has 1 saturated carbocycles. The maximum Gasteiger partial charge on any atom is 0.306 e. The molecule has 2 N–H and O–H groups in total. The van der Waals surface area contributed by atoms with E-state index in [0.717, 1.165) is 6.42 Å². The average molecular weight is 341 g/mol. The number of carboxylic acids is 1. The quantitative estimate of drug-likeness (QED) is 0.794. The van der Waals surface area contributed by atoms with Crippen molar-refractivity contribution in [2.75, 3.05) is 6.61 Å². The number of carbonyl (C=O) groups is 1. The summed E-state index contributed by atoms with van der Waals surface area (Å²) in [7, 11) is -3.59. The monoisotopic (exact) mass is 341 g/mol. The molecular weight excluding hydrogens is 318 g/mol. The summed E-state index contributed by atoms with van der Waals surface area (Å²) in [6.07, 6.45) is 3.00. The molecule has 0 amide bonds. The van der Waals surface area contributed by atoms with Crippen LogP contribution in [0.15, 0.2) is 29.2 Å². The van der Waals surface area contributed by atoms with Gasteiger partial charge in [0.05, 0.1) is 17.4 Å². The summed E-state index contributed by atoms with van der Waals surface area (Å²) in [5, 5.41) is 8.97. The van der Waals surface area contributed by atoms with Crippen molar-refractivity contribution in [3.05, 3.63) is 24.3 Å². The van der Waals surface area contributed by atoms with Gasteiger partial charge in [-0.05, 0) is 56.4 Å². The van der Waals surface area contributed by atoms with Crippen LogP contribution in [0.3, 0.4) is 0 Å². The van der Waals surface area contributed by atoms with Crippen LogP contribution in [0.1, 0.15) is 39.0 Å². The number of nitrogens with one attached hydrogen (secondary N) is 1. The van der Waals surface area contributed by atoms with Gasteiger partial charge >= 0.3 is 5.97 Å². The van der Waals surface area contributed by atoms with E-state index in [4.69, 9.17) is 9.84 Å². The third kappa shape index (κ3) is 4.94. The Balaban J connectivity index is 1.95. The first-order chi connectivity index (χ1) is 10.9. The summed E-state index contributed by atoms with van der Waals surface area (Å²) in [6, 6.07) is 6.13. The van der Waals surface area contributed by atoms with E-state index in [0.29, 0.717) is 38.0 Å². The van der Waals surface area contributed by atoms with Gasteiger partial charge in [-0.2, -0.15) is 0 Å². The van der Waals surface area contributed by atoms with Crippen LogP contribution in [0.5, 0.6) is 5.75 Å². The number of aliphatic carboxylic acids is 1. The van der Waals surface area contributed by atoms with Gasteiger partial charge in [0, 0.05) is 6.04 Å². The highest BCUT2D eigenvalue weighted by atomic mass is 32.2. The highest BCUT2D eigenvalue weighted by Crippen LogP contribution is 2.26. The minimum atomic E-state index is -3.59. The number of carboxylic acid groups (broad SMARTS) is 1. The van der Waals surface area contributed by atoms with Crippen LogP contribution in [0, 0.1) is 5.92 Å². The van der Waals surface area contributed by atoms with Crippen LogP contribution in [-0.2, 0) is 14.8 Å². The maximum atomic E-state index is 12.4.